The molecule has 102 valence electrons. The van der Waals surface area contributed by atoms with Gasteiger partial charge in [-0.25, -0.2) is 0 Å². The van der Waals surface area contributed by atoms with E-state index in [1.165, 1.54) is 16.7 Å². The number of benzene rings is 1. The summed E-state index contributed by atoms with van der Waals surface area (Å²) in [4.78, 5) is 0. The lowest BCUT2D eigenvalue weighted by Crippen LogP contribution is -2.31. The minimum Gasteiger partial charge on any atom is -0.496 e. The fourth-order valence-corrected chi connectivity index (χ4v) is 2.14. The van der Waals surface area contributed by atoms with Gasteiger partial charge in [-0.05, 0) is 19.4 Å². The molecule has 3 heteroatoms. The van der Waals surface area contributed by atoms with Crippen molar-refractivity contribution in [1.82, 2.24) is 10.6 Å². The SMILES string of the molecule is COc1c(C)cc(C)cc1CNCCNC(C)C. The summed E-state index contributed by atoms with van der Waals surface area (Å²) in [5.74, 6) is 1.00. The van der Waals surface area contributed by atoms with Crippen molar-refractivity contribution in [3.05, 3.63) is 28.8 Å². The van der Waals surface area contributed by atoms with Crippen LogP contribution in [0.1, 0.15) is 30.5 Å². The molecule has 0 saturated heterocycles. The first kappa shape index (κ1) is 15.0. The van der Waals surface area contributed by atoms with Crippen molar-refractivity contribution in [3.8, 4) is 5.75 Å². The molecule has 0 aromatic heterocycles. The van der Waals surface area contributed by atoms with Crippen LogP contribution < -0.4 is 15.4 Å². The van der Waals surface area contributed by atoms with E-state index in [1.54, 1.807) is 7.11 Å². The highest BCUT2D eigenvalue weighted by atomic mass is 16.5. The van der Waals surface area contributed by atoms with Gasteiger partial charge in [0.1, 0.15) is 5.75 Å². The number of aryl methyl sites for hydroxylation is 2. The molecule has 1 aromatic rings. The second-order valence-corrected chi connectivity index (χ2v) is 5.06. The Morgan fingerprint density at radius 2 is 1.89 bits per heavy atom. The molecule has 0 radical (unpaired) electrons. The number of rotatable bonds is 7. The largest absolute Gasteiger partial charge is 0.496 e. The van der Waals surface area contributed by atoms with E-state index in [0.717, 1.165) is 25.4 Å². The van der Waals surface area contributed by atoms with E-state index in [9.17, 15) is 0 Å². The van der Waals surface area contributed by atoms with Crippen LogP contribution in [0.5, 0.6) is 5.75 Å². The van der Waals surface area contributed by atoms with E-state index < -0.39 is 0 Å². The van der Waals surface area contributed by atoms with Crippen molar-refractivity contribution in [2.45, 2.75) is 40.3 Å². The Kier molecular flexibility index (Phi) is 6.16. The molecule has 1 aromatic carbocycles. The summed E-state index contributed by atoms with van der Waals surface area (Å²) in [6.07, 6.45) is 0. The average Bonchev–Trinajstić information content (AvgIpc) is 2.27. The molecule has 2 N–H and O–H groups in total. The minimum atomic E-state index is 0.544. The zero-order valence-electron chi connectivity index (χ0n) is 12.3. The van der Waals surface area contributed by atoms with Gasteiger partial charge in [0.15, 0.2) is 0 Å². The maximum atomic E-state index is 5.47. The van der Waals surface area contributed by atoms with Crippen molar-refractivity contribution in [2.24, 2.45) is 0 Å². The fraction of sp³-hybridized carbons (Fsp3) is 0.600. The molecule has 0 spiro atoms. The molecule has 18 heavy (non-hydrogen) atoms. The van der Waals surface area contributed by atoms with Crippen LogP contribution in [0.15, 0.2) is 12.1 Å². The maximum absolute atomic E-state index is 5.47. The highest BCUT2D eigenvalue weighted by Gasteiger charge is 2.06. The van der Waals surface area contributed by atoms with Crippen LogP contribution in [0.4, 0.5) is 0 Å². The summed E-state index contributed by atoms with van der Waals surface area (Å²) in [6.45, 7) is 11.3. The quantitative estimate of drug-likeness (QED) is 0.729. The van der Waals surface area contributed by atoms with Gasteiger partial charge in [-0.2, -0.15) is 0 Å². The van der Waals surface area contributed by atoms with Gasteiger partial charge < -0.3 is 15.4 Å². The van der Waals surface area contributed by atoms with Gasteiger partial charge in [0.2, 0.25) is 0 Å². The molecule has 0 heterocycles. The molecule has 3 nitrogen and oxygen atoms in total. The Morgan fingerprint density at radius 3 is 2.50 bits per heavy atom. The lowest BCUT2D eigenvalue weighted by molar-refractivity contribution is 0.404. The molecule has 1 rings (SSSR count). The molecule has 0 aliphatic rings. The molecule has 0 unspecified atom stereocenters. The van der Waals surface area contributed by atoms with E-state index in [2.05, 4.69) is 50.5 Å². The van der Waals surface area contributed by atoms with Crippen LogP contribution in [-0.2, 0) is 6.54 Å². The van der Waals surface area contributed by atoms with Crippen LogP contribution in [0, 0.1) is 13.8 Å². The molecule has 0 fully saturated rings. The number of hydrogen-bond acceptors (Lipinski definition) is 3. The normalized spacial score (nSPS) is 11.0. The van der Waals surface area contributed by atoms with Crippen molar-refractivity contribution >= 4 is 0 Å². The highest BCUT2D eigenvalue weighted by Crippen LogP contribution is 2.24. The van der Waals surface area contributed by atoms with Gasteiger partial charge in [-0.15, -0.1) is 0 Å². The van der Waals surface area contributed by atoms with E-state index in [0.29, 0.717) is 6.04 Å². The Balaban J connectivity index is 2.51. The van der Waals surface area contributed by atoms with Crippen LogP contribution in [0.25, 0.3) is 0 Å². The number of methoxy groups -OCH3 is 1. The predicted octanol–water partition coefficient (Wildman–Crippen LogP) is 2.40. The van der Waals surface area contributed by atoms with Crippen molar-refractivity contribution in [1.29, 1.82) is 0 Å². The zero-order valence-corrected chi connectivity index (χ0v) is 12.3. The Hall–Kier alpha value is -1.06. The summed E-state index contributed by atoms with van der Waals surface area (Å²) in [7, 11) is 1.74. The first-order valence-electron chi connectivity index (χ1n) is 6.62. The van der Waals surface area contributed by atoms with Gasteiger partial charge in [0, 0.05) is 31.2 Å². The molecule has 0 bridgehead atoms. The third-order valence-electron chi connectivity index (χ3n) is 2.87. The fourth-order valence-electron chi connectivity index (χ4n) is 2.14. The predicted molar refractivity (Wildman–Crippen MR) is 77.3 cm³/mol. The molecule has 0 aliphatic carbocycles. The smallest absolute Gasteiger partial charge is 0.126 e. The maximum Gasteiger partial charge on any atom is 0.126 e. The number of ether oxygens (including phenoxy) is 1. The van der Waals surface area contributed by atoms with E-state index in [1.807, 2.05) is 0 Å². The van der Waals surface area contributed by atoms with Crippen molar-refractivity contribution in [2.75, 3.05) is 20.2 Å². The first-order chi connectivity index (χ1) is 8.54. The summed E-state index contributed by atoms with van der Waals surface area (Å²) in [5, 5.41) is 6.83. The van der Waals surface area contributed by atoms with Crippen LogP contribution in [0.3, 0.4) is 0 Å². The monoisotopic (exact) mass is 250 g/mol. The molecular weight excluding hydrogens is 224 g/mol. The third-order valence-corrected chi connectivity index (χ3v) is 2.87. The van der Waals surface area contributed by atoms with Crippen LogP contribution >= 0.6 is 0 Å². The van der Waals surface area contributed by atoms with Gasteiger partial charge >= 0.3 is 0 Å². The summed E-state index contributed by atoms with van der Waals surface area (Å²) >= 11 is 0. The lowest BCUT2D eigenvalue weighted by atomic mass is 10.1. The van der Waals surface area contributed by atoms with Crippen LogP contribution in [-0.4, -0.2) is 26.2 Å². The van der Waals surface area contributed by atoms with E-state index in [4.69, 9.17) is 4.74 Å². The summed E-state index contributed by atoms with van der Waals surface area (Å²) < 4.78 is 5.47. The topological polar surface area (TPSA) is 33.3 Å². The second kappa shape index (κ2) is 7.39. The minimum absolute atomic E-state index is 0.544. The van der Waals surface area contributed by atoms with Gasteiger partial charge in [0.25, 0.3) is 0 Å². The van der Waals surface area contributed by atoms with E-state index >= 15 is 0 Å². The summed E-state index contributed by atoms with van der Waals surface area (Å²) in [6, 6.07) is 4.89. The molecule has 0 aliphatic heterocycles. The van der Waals surface area contributed by atoms with Gasteiger partial charge in [-0.3, -0.25) is 0 Å². The lowest BCUT2D eigenvalue weighted by Gasteiger charge is -2.14. The molecule has 0 saturated carbocycles. The molecular formula is C15H26N2O. The summed E-state index contributed by atoms with van der Waals surface area (Å²) in [5.41, 5.74) is 3.72. The number of nitrogens with one attached hydrogen (secondary N) is 2. The average molecular weight is 250 g/mol. The molecule has 0 atom stereocenters. The van der Waals surface area contributed by atoms with Crippen molar-refractivity contribution in [3.63, 3.8) is 0 Å². The third kappa shape index (κ3) is 4.67. The van der Waals surface area contributed by atoms with Gasteiger partial charge in [0.05, 0.1) is 7.11 Å². The Labute approximate surface area is 111 Å². The Bertz CT molecular complexity index is 375. The standard InChI is InChI=1S/C15H26N2O/c1-11(2)17-7-6-16-10-14-9-12(3)8-13(4)15(14)18-5/h8-9,11,16-17H,6-7,10H2,1-5H3. The highest BCUT2D eigenvalue weighted by molar-refractivity contribution is 5.43. The van der Waals surface area contributed by atoms with Crippen LogP contribution in [0.2, 0.25) is 0 Å². The Morgan fingerprint density at radius 1 is 1.17 bits per heavy atom. The number of hydrogen-bond donors (Lipinski definition) is 2. The van der Waals surface area contributed by atoms with Gasteiger partial charge in [-0.1, -0.05) is 31.5 Å². The second-order valence-electron chi connectivity index (χ2n) is 5.06. The molecule has 0 amide bonds. The van der Waals surface area contributed by atoms with E-state index in [-0.39, 0.29) is 0 Å². The zero-order chi connectivity index (χ0) is 13.5. The first-order valence-corrected chi connectivity index (χ1v) is 6.62. The van der Waals surface area contributed by atoms with Crippen molar-refractivity contribution < 1.29 is 4.74 Å².